The van der Waals surface area contributed by atoms with Crippen molar-refractivity contribution < 1.29 is 19.1 Å². The fourth-order valence-corrected chi connectivity index (χ4v) is 3.07. The lowest BCUT2D eigenvalue weighted by molar-refractivity contribution is -0.147. The van der Waals surface area contributed by atoms with Crippen molar-refractivity contribution in [2.24, 2.45) is 0 Å². The van der Waals surface area contributed by atoms with Crippen LogP contribution in [0.2, 0.25) is 0 Å². The number of nitrogens with zero attached hydrogens (tertiary/aromatic N) is 1. The van der Waals surface area contributed by atoms with Crippen LogP contribution in [0.25, 0.3) is 5.70 Å². The Hall–Kier alpha value is -3.41. The lowest BCUT2D eigenvalue weighted by Gasteiger charge is -2.16. The number of carbonyl (C=O) groups excluding carboxylic acids is 3. The number of esters is 1. The molecule has 0 bridgehead atoms. The smallest absolute Gasteiger partial charge is 0.308 e. The van der Waals surface area contributed by atoms with E-state index < -0.39 is 11.9 Å². The molecule has 1 aliphatic rings. The minimum Gasteiger partial charge on any atom is -0.456 e. The molecule has 28 heavy (non-hydrogen) atoms. The maximum Gasteiger partial charge on any atom is 0.308 e. The normalized spacial score (nSPS) is 12.7. The third kappa shape index (κ3) is 3.96. The number of carbonyl (C=O) groups is 3. The van der Waals surface area contributed by atoms with Crippen LogP contribution < -0.4 is 5.32 Å². The number of hydrogen-bond acceptors (Lipinski definition) is 4. The van der Waals surface area contributed by atoms with E-state index in [1.165, 1.54) is 4.90 Å². The summed E-state index contributed by atoms with van der Waals surface area (Å²) in [5.74, 6) is -1.13. The zero-order chi connectivity index (χ0) is 20.3. The first-order valence-corrected chi connectivity index (χ1v) is 9.00. The molecule has 1 aliphatic heterocycles. The maximum absolute atomic E-state index is 12.4. The molecule has 1 heterocycles. The van der Waals surface area contributed by atoms with Crippen molar-refractivity contribution in [2.45, 2.75) is 20.3 Å². The zero-order valence-electron chi connectivity index (χ0n) is 16.0. The van der Waals surface area contributed by atoms with Gasteiger partial charge >= 0.3 is 5.97 Å². The Morgan fingerprint density at radius 3 is 2.50 bits per heavy atom. The number of nitrogens with one attached hydrogen (secondary N) is 1. The van der Waals surface area contributed by atoms with Crippen LogP contribution in [-0.2, 0) is 14.3 Å². The molecule has 2 aromatic carbocycles. The van der Waals surface area contributed by atoms with Gasteiger partial charge in [0.05, 0.1) is 6.42 Å². The Balaban J connectivity index is 1.48. The van der Waals surface area contributed by atoms with Gasteiger partial charge in [0.1, 0.15) is 0 Å². The minimum absolute atomic E-state index is 0.0184. The molecular formula is C22H22N2O4. The predicted molar refractivity (Wildman–Crippen MR) is 107 cm³/mol. The molecule has 6 heteroatoms. The standard InChI is InChI=1S/C22H22N2O4/c1-14-7-6-10-19(15(14)2)23-20(25)13-28-21(26)11-12-24-16(3)17-8-4-5-9-18(17)22(24)27/h4-10H,3,11-13H2,1-2H3,(H,23,25). The number of fused-ring (bicyclic) bond motifs is 1. The Labute approximate surface area is 163 Å². The summed E-state index contributed by atoms with van der Waals surface area (Å²) in [7, 11) is 0. The molecule has 0 aromatic heterocycles. The van der Waals surface area contributed by atoms with Crippen molar-refractivity contribution in [3.8, 4) is 0 Å². The Morgan fingerprint density at radius 1 is 1.07 bits per heavy atom. The molecule has 0 aliphatic carbocycles. The molecule has 0 fully saturated rings. The highest BCUT2D eigenvalue weighted by Gasteiger charge is 2.30. The first-order chi connectivity index (χ1) is 13.4. The van der Waals surface area contributed by atoms with E-state index in [-0.39, 0.29) is 25.5 Å². The quantitative estimate of drug-likeness (QED) is 0.783. The summed E-state index contributed by atoms with van der Waals surface area (Å²) in [6.07, 6.45) is -0.0184. The van der Waals surface area contributed by atoms with E-state index in [0.717, 1.165) is 16.7 Å². The van der Waals surface area contributed by atoms with Gasteiger partial charge in [0.2, 0.25) is 0 Å². The summed E-state index contributed by atoms with van der Waals surface area (Å²) in [5.41, 5.74) is 4.64. The molecule has 6 nitrogen and oxygen atoms in total. The van der Waals surface area contributed by atoms with Crippen LogP contribution in [0.15, 0.2) is 49.0 Å². The highest BCUT2D eigenvalue weighted by atomic mass is 16.5. The van der Waals surface area contributed by atoms with Crippen molar-refractivity contribution in [3.63, 3.8) is 0 Å². The lowest BCUT2D eigenvalue weighted by Crippen LogP contribution is -2.27. The van der Waals surface area contributed by atoms with Gasteiger partial charge in [-0.25, -0.2) is 0 Å². The van der Waals surface area contributed by atoms with Crippen molar-refractivity contribution in [2.75, 3.05) is 18.5 Å². The lowest BCUT2D eigenvalue weighted by atomic mass is 10.1. The van der Waals surface area contributed by atoms with E-state index in [1.54, 1.807) is 18.2 Å². The molecule has 0 unspecified atom stereocenters. The number of benzene rings is 2. The van der Waals surface area contributed by atoms with Crippen LogP contribution in [0, 0.1) is 13.8 Å². The first-order valence-electron chi connectivity index (χ1n) is 9.00. The van der Waals surface area contributed by atoms with Gasteiger partial charge in [0, 0.05) is 29.1 Å². The molecule has 2 amide bonds. The van der Waals surface area contributed by atoms with E-state index in [2.05, 4.69) is 11.9 Å². The van der Waals surface area contributed by atoms with Gasteiger partial charge in [-0.2, -0.15) is 0 Å². The molecule has 0 atom stereocenters. The number of rotatable bonds is 6. The number of amides is 2. The van der Waals surface area contributed by atoms with E-state index >= 15 is 0 Å². The van der Waals surface area contributed by atoms with Crippen LogP contribution in [0.4, 0.5) is 5.69 Å². The molecule has 0 saturated carbocycles. The molecule has 144 valence electrons. The summed E-state index contributed by atoms with van der Waals surface area (Å²) in [6, 6.07) is 12.8. The molecule has 0 saturated heterocycles. The Kier molecular flexibility index (Phi) is 5.59. The van der Waals surface area contributed by atoms with E-state index in [9.17, 15) is 14.4 Å². The van der Waals surface area contributed by atoms with Crippen LogP contribution in [-0.4, -0.2) is 35.8 Å². The summed E-state index contributed by atoms with van der Waals surface area (Å²) >= 11 is 0. The monoisotopic (exact) mass is 378 g/mol. The summed E-state index contributed by atoms with van der Waals surface area (Å²) in [4.78, 5) is 37.9. The Morgan fingerprint density at radius 2 is 1.79 bits per heavy atom. The molecule has 2 aromatic rings. The van der Waals surface area contributed by atoms with Gasteiger partial charge in [-0.3, -0.25) is 14.4 Å². The van der Waals surface area contributed by atoms with Crippen molar-refractivity contribution in [1.82, 2.24) is 4.90 Å². The van der Waals surface area contributed by atoms with Crippen LogP contribution in [0.3, 0.4) is 0 Å². The van der Waals surface area contributed by atoms with Gasteiger partial charge in [0.25, 0.3) is 11.8 Å². The van der Waals surface area contributed by atoms with Gasteiger partial charge in [-0.05, 0) is 37.1 Å². The second kappa shape index (κ2) is 8.08. The average molecular weight is 378 g/mol. The molecule has 0 spiro atoms. The third-order valence-corrected chi connectivity index (χ3v) is 4.82. The minimum atomic E-state index is -0.548. The van der Waals surface area contributed by atoms with E-state index in [4.69, 9.17) is 4.74 Å². The van der Waals surface area contributed by atoms with Crippen molar-refractivity contribution in [3.05, 3.63) is 71.3 Å². The highest BCUT2D eigenvalue weighted by molar-refractivity contribution is 6.08. The van der Waals surface area contributed by atoms with E-state index in [1.807, 2.05) is 38.1 Å². The van der Waals surface area contributed by atoms with Gasteiger partial charge < -0.3 is 15.0 Å². The van der Waals surface area contributed by atoms with Crippen LogP contribution in [0.5, 0.6) is 0 Å². The average Bonchev–Trinajstić information content (AvgIpc) is 2.93. The fourth-order valence-electron chi connectivity index (χ4n) is 3.07. The number of hydrogen-bond donors (Lipinski definition) is 1. The molecule has 3 rings (SSSR count). The predicted octanol–water partition coefficient (Wildman–Crippen LogP) is 3.30. The second-order valence-corrected chi connectivity index (χ2v) is 6.66. The molecule has 1 N–H and O–H groups in total. The van der Waals surface area contributed by atoms with Gasteiger partial charge in [0.15, 0.2) is 6.61 Å². The third-order valence-electron chi connectivity index (χ3n) is 4.82. The number of anilines is 1. The topological polar surface area (TPSA) is 75.7 Å². The summed E-state index contributed by atoms with van der Waals surface area (Å²) in [5, 5.41) is 2.73. The molecular weight excluding hydrogens is 356 g/mol. The summed E-state index contributed by atoms with van der Waals surface area (Å²) < 4.78 is 5.03. The Bertz CT molecular complexity index is 930. The highest BCUT2D eigenvalue weighted by Crippen LogP contribution is 2.31. The second-order valence-electron chi connectivity index (χ2n) is 6.66. The number of aryl methyl sites for hydroxylation is 1. The molecule has 0 radical (unpaired) electrons. The largest absolute Gasteiger partial charge is 0.456 e. The number of ether oxygens (including phenoxy) is 1. The van der Waals surface area contributed by atoms with Gasteiger partial charge in [-0.15, -0.1) is 0 Å². The summed E-state index contributed by atoms with van der Waals surface area (Å²) in [6.45, 7) is 7.58. The first kappa shape index (κ1) is 19.4. The van der Waals surface area contributed by atoms with E-state index in [0.29, 0.717) is 16.9 Å². The van der Waals surface area contributed by atoms with Crippen LogP contribution in [0.1, 0.15) is 33.5 Å². The van der Waals surface area contributed by atoms with Crippen molar-refractivity contribution >= 4 is 29.2 Å². The zero-order valence-corrected chi connectivity index (χ0v) is 16.0. The fraction of sp³-hybridized carbons (Fsp3) is 0.227. The van der Waals surface area contributed by atoms with Crippen molar-refractivity contribution in [1.29, 1.82) is 0 Å². The maximum atomic E-state index is 12.4. The SMILES string of the molecule is C=C1c2ccccc2C(=O)N1CCC(=O)OCC(=O)Nc1cccc(C)c1C. The van der Waals surface area contributed by atoms with Gasteiger partial charge in [-0.1, -0.05) is 36.9 Å². The van der Waals surface area contributed by atoms with Crippen LogP contribution >= 0.6 is 0 Å².